The first kappa shape index (κ1) is 37.1. The Morgan fingerprint density at radius 3 is 1.58 bits per heavy atom. The van der Waals surface area contributed by atoms with Gasteiger partial charge in [-0.25, -0.2) is 0 Å². The van der Waals surface area contributed by atoms with Crippen molar-refractivity contribution in [1.29, 1.82) is 0 Å². The molecule has 13 rings (SSSR count). The van der Waals surface area contributed by atoms with Gasteiger partial charge in [0.05, 0.1) is 11.1 Å². The highest BCUT2D eigenvalue weighted by Crippen LogP contribution is 2.56. The summed E-state index contributed by atoms with van der Waals surface area (Å²) < 4.78 is 6.65. The van der Waals surface area contributed by atoms with Crippen molar-refractivity contribution in [3.63, 3.8) is 0 Å². The van der Waals surface area contributed by atoms with Crippen LogP contribution in [0.3, 0.4) is 0 Å². The molecular formula is C63H41NO. The van der Waals surface area contributed by atoms with E-state index in [1.54, 1.807) is 0 Å². The molecule has 0 bridgehead atoms. The molecule has 1 heterocycles. The first-order valence-corrected chi connectivity index (χ1v) is 22.4. The highest BCUT2D eigenvalue weighted by Gasteiger charge is 2.45. The number of rotatable bonds is 7. The lowest BCUT2D eigenvalue weighted by molar-refractivity contribution is 0.669. The molecule has 11 aromatic carbocycles. The van der Waals surface area contributed by atoms with E-state index in [0.29, 0.717) is 0 Å². The van der Waals surface area contributed by atoms with Gasteiger partial charge in [-0.15, -0.1) is 0 Å². The fourth-order valence-corrected chi connectivity index (χ4v) is 10.9. The van der Waals surface area contributed by atoms with E-state index < -0.39 is 5.41 Å². The zero-order valence-electron chi connectivity index (χ0n) is 35.5. The van der Waals surface area contributed by atoms with Crippen LogP contribution in [0.4, 0.5) is 17.1 Å². The van der Waals surface area contributed by atoms with Crippen LogP contribution in [0.15, 0.2) is 253 Å². The van der Waals surface area contributed by atoms with Crippen molar-refractivity contribution in [1.82, 2.24) is 0 Å². The van der Waals surface area contributed by atoms with Crippen LogP contribution in [0, 0.1) is 0 Å². The Hall–Kier alpha value is -8.46. The molecule has 0 radical (unpaired) electrons. The molecule has 304 valence electrons. The lowest BCUT2D eigenvalue weighted by Gasteiger charge is -2.34. The van der Waals surface area contributed by atoms with Crippen molar-refractivity contribution in [2.75, 3.05) is 4.90 Å². The van der Waals surface area contributed by atoms with Crippen LogP contribution in [-0.2, 0) is 5.41 Å². The predicted molar refractivity (Wildman–Crippen MR) is 272 cm³/mol. The van der Waals surface area contributed by atoms with E-state index in [9.17, 15) is 0 Å². The van der Waals surface area contributed by atoms with E-state index in [1.165, 1.54) is 66.1 Å². The second kappa shape index (κ2) is 14.8. The predicted octanol–water partition coefficient (Wildman–Crippen LogP) is 17.1. The Bertz CT molecular complexity index is 3710. The van der Waals surface area contributed by atoms with Gasteiger partial charge in [-0.1, -0.05) is 200 Å². The molecule has 0 N–H and O–H groups in total. The largest absolute Gasteiger partial charge is 0.456 e. The van der Waals surface area contributed by atoms with Gasteiger partial charge in [0, 0.05) is 27.7 Å². The normalized spacial score (nSPS) is 12.7. The van der Waals surface area contributed by atoms with Crippen molar-refractivity contribution in [3.05, 3.63) is 271 Å². The number of benzene rings is 11. The summed E-state index contributed by atoms with van der Waals surface area (Å²) in [4.78, 5) is 2.44. The van der Waals surface area contributed by atoms with E-state index in [-0.39, 0.29) is 0 Å². The summed E-state index contributed by atoms with van der Waals surface area (Å²) in [6.45, 7) is 0. The smallest absolute Gasteiger partial charge is 0.136 e. The Morgan fingerprint density at radius 2 is 0.862 bits per heavy atom. The molecule has 2 nitrogen and oxygen atoms in total. The molecule has 65 heavy (non-hydrogen) atoms. The monoisotopic (exact) mass is 827 g/mol. The summed E-state index contributed by atoms with van der Waals surface area (Å²) >= 11 is 0. The summed E-state index contributed by atoms with van der Waals surface area (Å²) in [6.07, 6.45) is 0. The Labute approximate surface area is 377 Å². The van der Waals surface area contributed by atoms with Crippen LogP contribution in [0.5, 0.6) is 0 Å². The van der Waals surface area contributed by atoms with Gasteiger partial charge < -0.3 is 9.32 Å². The zero-order valence-corrected chi connectivity index (χ0v) is 35.5. The molecule has 12 aromatic rings. The van der Waals surface area contributed by atoms with E-state index in [2.05, 4.69) is 254 Å². The van der Waals surface area contributed by atoms with Crippen LogP contribution in [0.25, 0.3) is 76.9 Å². The van der Waals surface area contributed by atoms with Gasteiger partial charge in [-0.05, 0) is 120 Å². The van der Waals surface area contributed by atoms with Gasteiger partial charge in [0.15, 0.2) is 0 Å². The summed E-state index contributed by atoms with van der Waals surface area (Å²) in [6, 6.07) is 90.9. The third kappa shape index (κ3) is 5.74. The molecule has 0 aliphatic heterocycles. The lowest BCUT2D eigenvalue weighted by atomic mass is 9.68. The fraction of sp³-hybridized carbons (Fsp3) is 0.0159. The minimum atomic E-state index is -0.497. The average molecular weight is 828 g/mol. The second-order valence-corrected chi connectivity index (χ2v) is 17.2. The number of para-hydroxylation sites is 1. The SMILES string of the molecule is c1ccc(-c2ccc(N(c3ccc(C4(c5ccccc5)c5ccccc5-c5ccccc54)cc3)c3ccc4oc5ccccc5c4c3-c3ccc4ccc5ccccc5c4c3)cc2)cc1. The van der Waals surface area contributed by atoms with Gasteiger partial charge in [0.25, 0.3) is 0 Å². The van der Waals surface area contributed by atoms with E-state index in [0.717, 1.165) is 50.1 Å². The minimum Gasteiger partial charge on any atom is -0.456 e. The number of nitrogens with zero attached hydrogens (tertiary/aromatic N) is 1. The number of hydrogen-bond donors (Lipinski definition) is 0. The molecule has 0 atom stereocenters. The second-order valence-electron chi connectivity index (χ2n) is 17.2. The number of furan rings is 1. The summed E-state index contributed by atoms with van der Waals surface area (Å²) in [7, 11) is 0. The van der Waals surface area contributed by atoms with E-state index in [4.69, 9.17) is 4.42 Å². The third-order valence-electron chi connectivity index (χ3n) is 13.7. The van der Waals surface area contributed by atoms with Gasteiger partial charge in [0.1, 0.15) is 11.2 Å². The lowest BCUT2D eigenvalue weighted by Crippen LogP contribution is -2.28. The van der Waals surface area contributed by atoms with Crippen molar-refractivity contribution >= 4 is 60.5 Å². The van der Waals surface area contributed by atoms with Crippen LogP contribution < -0.4 is 4.90 Å². The van der Waals surface area contributed by atoms with Crippen molar-refractivity contribution < 1.29 is 4.42 Å². The number of anilines is 3. The number of hydrogen-bond acceptors (Lipinski definition) is 2. The fourth-order valence-electron chi connectivity index (χ4n) is 10.9. The molecule has 1 aliphatic carbocycles. The van der Waals surface area contributed by atoms with Gasteiger partial charge >= 0.3 is 0 Å². The summed E-state index contributed by atoms with van der Waals surface area (Å²) in [5.41, 5.74) is 16.7. The van der Waals surface area contributed by atoms with Crippen LogP contribution in [-0.4, -0.2) is 0 Å². The maximum Gasteiger partial charge on any atom is 0.136 e. The van der Waals surface area contributed by atoms with Gasteiger partial charge in [-0.3, -0.25) is 0 Å². The Balaban J connectivity index is 1.07. The minimum absolute atomic E-state index is 0.497. The first-order chi connectivity index (χ1) is 32.2. The Kier molecular flexibility index (Phi) is 8.47. The maximum atomic E-state index is 6.65. The quantitative estimate of drug-likeness (QED) is 0.149. The summed E-state index contributed by atoms with van der Waals surface area (Å²) in [5, 5.41) is 7.10. The van der Waals surface area contributed by atoms with Gasteiger partial charge in [0.2, 0.25) is 0 Å². The van der Waals surface area contributed by atoms with Gasteiger partial charge in [-0.2, -0.15) is 0 Å². The molecule has 2 heteroatoms. The highest BCUT2D eigenvalue weighted by atomic mass is 16.3. The van der Waals surface area contributed by atoms with Crippen molar-refractivity contribution in [2.45, 2.75) is 5.41 Å². The topological polar surface area (TPSA) is 16.4 Å². The standard InChI is InChI=1S/C63H41NO/c1-3-15-42(16-4-1)43-31-35-49(36-32-43)64(50-37-33-48(34-38-50)63(47-18-5-2-6-19-47)56-24-12-9-21-52(56)53-22-10-13-25-57(53)63)58-39-40-60-62(54-23-11-14-26-59(54)65-60)61(58)46-30-29-45-28-27-44-17-7-8-20-51(44)55(45)41-46/h1-41H. The Morgan fingerprint density at radius 1 is 0.338 bits per heavy atom. The molecule has 0 spiro atoms. The molecule has 0 amide bonds. The molecule has 0 saturated carbocycles. The summed E-state index contributed by atoms with van der Waals surface area (Å²) in [5.74, 6) is 0. The average Bonchev–Trinajstić information content (AvgIpc) is 3.91. The number of fused-ring (bicyclic) bond motifs is 9. The molecule has 0 fully saturated rings. The maximum absolute atomic E-state index is 6.65. The third-order valence-corrected chi connectivity index (χ3v) is 13.7. The molecular weight excluding hydrogens is 787 g/mol. The van der Waals surface area contributed by atoms with Crippen LogP contribution >= 0.6 is 0 Å². The molecule has 0 saturated heterocycles. The molecule has 1 aliphatic rings. The highest BCUT2D eigenvalue weighted by molar-refractivity contribution is 6.18. The zero-order chi connectivity index (χ0) is 42.9. The van der Waals surface area contributed by atoms with Crippen LogP contribution in [0.2, 0.25) is 0 Å². The first-order valence-electron chi connectivity index (χ1n) is 22.4. The van der Waals surface area contributed by atoms with Crippen molar-refractivity contribution in [2.24, 2.45) is 0 Å². The molecule has 0 unspecified atom stereocenters. The van der Waals surface area contributed by atoms with Crippen LogP contribution in [0.1, 0.15) is 22.3 Å². The van der Waals surface area contributed by atoms with Crippen molar-refractivity contribution in [3.8, 4) is 33.4 Å². The van der Waals surface area contributed by atoms with E-state index in [1.807, 2.05) is 0 Å². The molecule has 1 aromatic heterocycles. The van der Waals surface area contributed by atoms with E-state index >= 15 is 0 Å².